The van der Waals surface area contributed by atoms with E-state index in [4.69, 9.17) is 32.7 Å². The Morgan fingerprint density at radius 1 is 0.426 bits per heavy atom. The highest BCUT2D eigenvalue weighted by Crippen LogP contribution is 2.38. The summed E-state index contributed by atoms with van der Waals surface area (Å²) in [5.74, 6) is -0.303. The van der Waals surface area contributed by atoms with E-state index in [1.54, 1.807) is 60.7 Å². The maximum atomic E-state index is 9.02. The summed E-state index contributed by atoms with van der Waals surface area (Å²) in [6.07, 6.45) is 0. The molecular weight excluding hydrogens is 574 g/mol. The normalized spacial score (nSPS) is 16.5. The Hall–Kier alpha value is -6.39. The molecule has 0 atom stereocenters. The first-order chi connectivity index (χ1) is 30.3. The number of aromatic nitrogens is 3. The highest BCUT2D eigenvalue weighted by Gasteiger charge is 2.16. The average molecular weight is 619 g/mol. The van der Waals surface area contributed by atoms with Crippen molar-refractivity contribution in [1.82, 2.24) is 15.0 Å². The van der Waals surface area contributed by atoms with E-state index in [0.29, 0.717) is 21.9 Å². The number of furan rings is 1. The smallest absolute Gasteiger partial charge is 0.164 e. The number of nitrogens with zero attached hydrogens (tertiary/aromatic N) is 3. The molecule has 9 aromatic rings. The van der Waals surface area contributed by atoms with Gasteiger partial charge in [0.25, 0.3) is 0 Å². The standard InChI is InChI=1S/C43H27N3O/c1-3-11-28(12-4-1)30-21-22-32-26-35(24-23-31(32)25-30)43-45-41(29-13-5-2-6-14-29)44-42(46-43)34-16-9-15-33(27-34)36-18-10-20-39-40(36)37-17-7-8-19-38(37)47-39/h1-27H/i1D,2D,3D,4D,5D,6D,7D,8D,10D,11D,12D,13D,14D,17D,18D,19D,20D. The molecule has 0 saturated carbocycles. The lowest BCUT2D eigenvalue weighted by Crippen LogP contribution is -2.00. The van der Waals surface area contributed by atoms with Gasteiger partial charge in [-0.15, -0.1) is 0 Å². The molecule has 0 fully saturated rings. The zero-order valence-corrected chi connectivity index (χ0v) is 24.0. The van der Waals surface area contributed by atoms with Crippen LogP contribution in [-0.2, 0) is 0 Å². The molecule has 47 heavy (non-hydrogen) atoms. The maximum Gasteiger partial charge on any atom is 0.164 e. The highest BCUT2D eigenvalue weighted by molar-refractivity contribution is 6.12. The van der Waals surface area contributed by atoms with Crippen LogP contribution >= 0.6 is 0 Å². The Balaban J connectivity index is 1.26. The van der Waals surface area contributed by atoms with Crippen molar-refractivity contribution in [1.29, 1.82) is 0 Å². The third-order valence-corrected chi connectivity index (χ3v) is 7.60. The Morgan fingerprint density at radius 3 is 1.77 bits per heavy atom. The first-order valence-electron chi connectivity index (χ1n) is 22.8. The van der Waals surface area contributed by atoms with Crippen LogP contribution in [-0.4, -0.2) is 15.0 Å². The predicted octanol–water partition coefficient (Wildman–Crippen LogP) is 11.3. The van der Waals surface area contributed by atoms with E-state index in [0.717, 1.165) is 0 Å². The van der Waals surface area contributed by atoms with Gasteiger partial charge in [0, 0.05) is 27.5 Å². The van der Waals surface area contributed by atoms with Gasteiger partial charge in [-0.3, -0.25) is 0 Å². The van der Waals surface area contributed by atoms with E-state index in [-0.39, 0.29) is 79.3 Å². The van der Waals surface area contributed by atoms with Gasteiger partial charge in [-0.2, -0.15) is 0 Å². The lowest BCUT2D eigenvalue weighted by Gasteiger charge is -2.11. The second-order valence-electron chi connectivity index (χ2n) is 10.4. The Labute approximate surface area is 295 Å². The van der Waals surface area contributed by atoms with Gasteiger partial charge in [0.2, 0.25) is 0 Å². The lowest BCUT2D eigenvalue weighted by molar-refractivity contribution is 0.669. The van der Waals surface area contributed by atoms with Crippen LogP contribution in [0, 0.1) is 0 Å². The summed E-state index contributed by atoms with van der Waals surface area (Å²) in [4.78, 5) is 14.0. The topological polar surface area (TPSA) is 51.8 Å². The van der Waals surface area contributed by atoms with Gasteiger partial charge in [-0.1, -0.05) is 133 Å². The van der Waals surface area contributed by atoms with E-state index in [1.165, 1.54) is 0 Å². The minimum absolute atomic E-state index is 0.0150. The molecule has 0 bridgehead atoms. The molecule has 9 rings (SSSR count). The number of benzene rings is 7. The molecular formula is C43H27N3O. The van der Waals surface area contributed by atoms with E-state index < -0.39 is 90.6 Å². The van der Waals surface area contributed by atoms with E-state index in [2.05, 4.69) is 9.97 Å². The van der Waals surface area contributed by atoms with Crippen molar-refractivity contribution in [2.75, 3.05) is 0 Å². The summed E-state index contributed by atoms with van der Waals surface area (Å²) < 4.78 is 149. The van der Waals surface area contributed by atoms with Crippen LogP contribution in [0.5, 0.6) is 0 Å². The van der Waals surface area contributed by atoms with Crippen LogP contribution < -0.4 is 0 Å². The van der Waals surface area contributed by atoms with Crippen molar-refractivity contribution in [3.63, 3.8) is 0 Å². The van der Waals surface area contributed by atoms with Gasteiger partial charge >= 0.3 is 0 Å². The zero-order valence-electron chi connectivity index (χ0n) is 41.0. The maximum absolute atomic E-state index is 9.02. The van der Waals surface area contributed by atoms with Gasteiger partial charge in [0.05, 0.1) is 23.3 Å². The minimum atomic E-state index is -0.625. The molecule has 7 aromatic carbocycles. The first kappa shape index (κ1) is 14.8. The molecule has 0 radical (unpaired) electrons. The number of hydrogen-bond donors (Lipinski definition) is 0. The number of hydrogen-bond acceptors (Lipinski definition) is 4. The summed E-state index contributed by atoms with van der Waals surface area (Å²) in [5, 5.41) is 1.20. The van der Waals surface area contributed by atoms with E-state index in [1.807, 2.05) is 0 Å². The molecule has 2 aromatic heterocycles. The fraction of sp³-hybridized carbons (Fsp3) is 0. The third kappa shape index (κ3) is 4.93. The monoisotopic (exact) mass is 618 g/mol. The Bertz CT molecular complexity index is 3500. The van der Waals surface area contributed by atoms with Crippen LogP contribution in [0.15, 0.2) is 168 Å². The molecule has 4 heteroatoms. The molecule has 0 aliphatic carbocycles. The molecule has 0 saturated heterocycles. The molecule has 0 aliphatic heterocycles. The van der Waals surface area contributed by atoms with Crippen molar-refractivity contribution in [2.24, 2.45) is 0 Å². The Kier molecular flexibility index (Phi) is 3.53. The number of fused-ring (bicyclic) bond motifs is 4. The van der Waals surface area contributed by atoms with Crippen LogP contribution in [0.2, 0.25) is 0 Å². The fourth-order valence-electron chi connectivity index (χ4n) is 5.43. The molecule has 0 amide bonds. The first-order valence-corrected chi connectivity index (χ1v) is 14.3. The van der Waals surface area contributed by atoms with Crippen molar-refractivity contribution >= 4 is 32.7 Å². The van der Waals surface area contributed by atoms with Crippen molar-refractivity contribution in [3.8, 4) is 56.4 Å². The minimum Gasteiger partial charge on any atom is -0.456 e. The largest absolute Gasteiger partial charge is 0.456 e. The molecule has 2 heterocycles. The Morgan fingerprint density at radius 2 is 1.00 bits per heavy atom. The number of rotatable bonds is 5. The SMILES string of the molecule is [2H]c1c([2H])c([2H])c(-c2ccc3cc(-c4nc(-c5cccc(-c6c([2H])c([2H])c([2H])c7oc8c([2H])c([2H])c([2H])c([2H])c8c67)c5)nc(-c5c([2H])c([2H])c([2H])c([2H])c5[2H])n4)ccc3c2)c([2H])c1[2H]. The predicted molar refractivity (Wildman–Crippen MR) is 192 cm³/mol. The van der Waals surface area contributed by atoms with Gasteiger partial charge in [-0.25, -0.2) is 15.0 Å². The van der Waals surface area contributed by atoms with Gasteiger partial charge in [-0.05, 0) is 63.3 Å². The summed E-state index contributed by atoms with van der Waals surface area (Å²) in [6.45, 7) is 0. The number of para-hydroxylation sites is 1. The fourth-order valence-corrected chi connectivity index (χ4v) is 5.43. The third-order valence-electron chi connectivity index (χ3n) is 7.60. The summed E-state index contributed by atoms with van der Waals surface area (Å²) >= 11 is 0. The summed E-state index contributed by atoms with van der Waals surface area (Å²) in [5.41, 5.74) is 0.585. The van der Waals surface area contributed by atoms with Crippen molar-refractivity contribution in [2.45, 2.75) is 0 Å². The summed E-state index contributed by atoms with van der Waals surface area (Å²) in [6, 6.07) is 7.71. The second-order valence-corrected chi connectivity index (χ2v) is 10.4. The molecule has 0 spiro atoms. The van der Waals surface area contributed by atoms with Gasteiger partial charge < -0.3 is 4.42 Å². The average Bonchev–Trinajstić information content (AvgIpc) is 3.70. The highest BCUT2D eigenvalue weighted by atomic mass is 16.3. The lowest BCUT2D eigenvalue weighted by atomic mass is 9.97. The molecule has 0 aliphatic rings. The zero-order chi connectivity index (χ0) is 46.0. The van der Waals surface area contributed by atoms with Crippen LogP contribution in [0.25, 0.3) is 89.1 Å². The van der Waals surface area contributed by atoms with Crippen LogP contribution in [0.1, 0.15) is 23.3 Å². The summed E-state index contributed by atoms with van der Waals surface area (Å²) in [7, 11) is 0. The van der Waals surface area contributed by atoms with Crippen molar-refractivity contribution in [3.05, 3.63) is 163 Å². The molecule has 220 valence electrons. The quantitative estimate of drug-likeness (QED) is 0.193. The van der Waals surface area contributed by atoms with E-state index >= 15 is 0 Å². The van der Waals surface area contributed by atoms with Gasteiger partial charge in [0.1, 0.15) is 11.2 Å². The van der Waals surface area contributed by atoms with Gasteiger partial charge in [0.15, 0.2) is 17.5 Å². The van der Waals surface area contributed by atoms with Crippen LogP contribution in [0.3, 0.4) is 0 Å². The molecule has 0 N–H and O–H groups in total. The molecule has 0 unspecified atom stereocenters. The van der Waals surface area contributed by atoms with Crippen molar-refractivity contribution < 1.29 is 27.7 Å². The van der Waals surface area contributed by atoms with E-state index in [9.17, 15) is 0 Å². The second kappa shape index (κ2) is 11.2. The molecule has 4 nitrogen and oxygen atoms in total. The van der Waals surface area contributed by atoms with Crippen LogP contribution in [0.4, 0.5) is 0 Å².